The van der Waals surface area contributed by atoms with Crippen LogP contribution in [0.2, 0.25) is 0 Å². The molecule has 0 aliphatic carbocycles. The molecule has 0 saturated heterocycles. The van der Waals surface area contributed by atoms with Crippen LogP contribution in [-0.4, -0.2) is 27.8 Å². The van der Waals surface area contributed by atoms with Crippen LogP contribution in [0.15, 0.2) is 84.9 Å². The van der Waals surface area contributed by atoms with E-state index in [1.807, 2.05) is 84.9 Å². The Hall–Kier alpha value is -4.36. The number of fused-ring (bicyclic) bond motifs is 2. The average molecular weight is 499 g/mol. The third kappa shape index (κ3) is 4.61. The van der Waals surface area contributed by atoms with Crippen molar-refractivity contribution in [2.24, 2.45) is 0 Å². The zero-order valence-electron chi connectivity index (χ0n) is 20.5. The Labute approximate surface area is 215 Å². The van der Waals surface area contributed by atoms with Gasteiger partial charge < -0.3 is 33.2 Å². The zero-order valence-corrected chi connectivity index (χ0v) is 20.5. The van der Waals surface area contributed by atoms with E-state index >= 15 is 0 Å². The molecule has 2 atom stereocenters. The molecule has 0 aromatic heterocycles. The lowest BCUT2D eigenvalue weighted by Crippen LogP contribution is -2.13. The molecular formula is C30H26O7. The fourth-order valence-corrected chi connectivity index (χ4v) is 4.55. The van der Waals surface area contributed by atoms with E-state index in [0.717, 1.165) is 45.3 Å². The first-order chi connectivity index (χ1) is 18.2. The summed E-state index contributed by atoms with van der Waals surface area (Å²) >= 11 is 0. The van der Waals surface area contributed by atoms with Gasteiger partial charge in [-0.05, 0) is 70.8 Å². The molecule has 0 spiro atoms. The summed E-state index contributed by atoms with van der Waals surface area (Å²) in [5, 5.41) is 0. The number of rotatable bonds is 8. The fraction of sp³-hybridized carbons (Fsp3) is 0.200. The summed E-state index contributed by atoms with van der Waals surface area (Å²) in [5.74, 6) is 4.39. The lowest BCUT2D eigenvalue weighted by atomic mass is 9.97. The molecule has 0 saturated carbocycles. The maximum atomic E-state index is 6.99. The van der Waals surface area contributed by atoms with Crippen LogP contribution in [0.3, 0.4) is 0 Å². The van der Waals surface area contributed by atoms with Gasteiger partial charge in [-0.25, -0.2) is 0 Å². The van der Waals surface area contributed by atoms with Crippen LogP contribution in [0.4, 0.5) is 0 Å². The van der Waals surface area contributed by atoms with Gasteiger partial charge in [0.15, 0.2) is 23.0 Å². The minimum absolute atomic E-state index is 0.207. The second kappa shape index (κ2) is 9.95. The van der Waals surface area contributed by atoms with Crippen molar-refractivity contribution in [1.29, 1.82) is 0 Å². The normalized spacial score (nSPS) is 14.8. The van der Waals surface area contributed by atoms with Gasteiger partial charge in [0, 0.05) is 0 Å². The highest BCUT2D eigenvalue weighted by Crippen LogP contribution is 2.43. The topological polar surface area (TPSA) is 64.6 Å². The van der Waals surface area contributed by atoms with Crippen LogP contribution < -0.4 is 28.4 Å². The van der Waals surface area contributed by atoms with Crippen LogP contribution in [0.5, 0.6) is 34.5 Å². The number of hydrogen-bond acceptors (Lipinski definition) is 7. The molecule has 0 bridgehead atoms. The van der Waals surface area contributed by atoms with Gasteiger partial charge in [0.1, 0.15) is 23.7 Å². The van der Waals surface area contributed by atoms with Crippen molar-refractivity contribution in [2.75, 3.05) is 27.8 Å². The van der Waals surface area contributed by atoms with Crippen molar-refractivity contribution in [3.8, 4) is 34.5 Å². The largest absolute Gasteiger partial charge is 0.497 e. The summed E-state index contributed by atoms with van der Waals surface area (Å²) in [6.45, 7) is 0.414. The standard InChI is InChI=1S/C30H26O7/c1-31-23-9-3-19(4-10-23)29(21-7-13-25-27(15-21)35-17-33-25)37-30(20-5-11-24(32-2)12-6-20)22-8-14-26-28(16-22)36-18-34-26/h3-16,29-30H,17-18H2,1-2H3. The van der Waals surface area contributed by atoms with Crippen LogP contribution in [-0.2, 0) is 4.74 Å². The third-order valence-corrected chi connectivity index (χ3v) is 6.51. The first kappa shape index (κ1) is 23.1. The molecule has 2 aliphatic heterocycles. The van der Waals surface area contributed by atoms with Gasteiger partial charge in [-0.15, -0.1) is 0 Å². The van der Waals surface area contributed by atoms with E-state index in [-0.39, 0.29) is 13.6 Å². The predicted octanol–water partition coefficient (Wildman–Crippen LogP) is 6.06. The molecule has 2 heterocycles. The van der Waals surface area contributed by atoms with Crippen LogP contribution in [0.25, 0.3) is 0 Å². The van der Waals surface area contributed by atoms with Gasteiger partial charge in [0.05, 0.1) is 14.2 Å². The van der Waals surface area contributed by atoms with Gasteiger partial charge in [0.2, 0.25) is 13.6 Å². The van der Waals surface area contributed by atoms with Gasteiger partial charge in [-0.3, -0.25) is 0 Å². The van der Waals surface area contributed by atoms with Crippen molar-refractivity contribution in [1.82, 2.24) is 0 Å². The third-order valence-electron chi connectivity index (χ3n) is 6.51. The van der Waals surface area contributed by atoms with Crippen molar-refractivity contribution >= 4 is 0 Å². The summed E-state index contributed by atoms with van der Waals surface area (Å²) in [4.78, 5) is 0. The molecule has 188 valence electrons. The maximum Gasteiger partial charge on any atom is 0.231 e. The molecule has 4 aromatic rings. The molecule has 6 rings (SSSR count). The smallest absolute Gasteiger partial charge is 0.231 e. The van der Waals surface area contributed by atoms with Crippen LogP contribution >= 0.6 is 0 Å². The first-order valence-corrected chi connectivity index (χ1v) is 11.9. The summed E-state index contributed by atoms with van der Waals surface area (Å²) < 4.78 is 40.2. The van der Waals surface area contributed by atoms with Gasteiger partial charge in [-0.1, -0.05) is 36.4 Å². The Morgan fingerprint density at radius 2 is 0.865 bits per heavy atom. The highest BCUT2D eigenvalue weighted by molar-refractivity contribution is 5.49. The number of hydrogen-bond donors (Lipinski definition) is 0. The molecule has 7 heteroatoms. The van der Waals surface area contributed by atoms with Crippen molar-refractivity contribution in [2.45, 2.75) is 12.2 Å². The van der Waals surface area contributed by atoms with Crippen molar-refractivity contribution in [3.05, 3.63) is 107 Å². The summed E-state index contributed by atoms with van der Waals surface area (Å²) in [6.07, 6.45) is -0.837. The number of benzene rings is 4. The average Bonchev–Trinajstić information content (AvgIpc) is 3.63. The Balaban J connectivity index is 1.44. The van der Waals surface area contributed by atoms with E-state index < -0.39 is 12.2 Å². The molecule has 0 N–H and O–H groups in total. The fourth-order valence-electron chi connectivity index (χ4n) is 4.55. The molecule has 2 unspecified atom stereocenters. The lowest BCUT2D eigenvalue weighted by molar-refractivity contribution is 0.0306. The molecule has 0 amide bonds. The van der Waals surface area contributed by atoms with E-state index in [1.165, 1.54) is 0 Å². The zero-order chi connectivity index (χ0) is 25.2. The Morgan fingerprint density at radius 3 is 1.27 bits per heavy atom. The monoisotopic (exact) mass is 498 g/mol. The van der Waals surface area contributed by atoms with E-state index in [9.17, 15) is 0 Å². The molecule has 2 aliphatic rings. The Kier molecular flexibility index (Phi) is 6.20. The minimum atomic E-state index is -0.419. The van der Waals surface area contributed by atoms with Crippen molar-refractivity contribution < 1.29 is 33.2 Å². The second-order valence-electron chi connectivity index (χ2n) is 8.67. The number of ether oxygens (including phenoxy) is 7. The van der Waals surface area contributed by atoms with E-state index in [2.05, 4.69) is 0 Å². The predicted molar refractivity (Wildman–Crippen MR) is 136 cm³/mol. The second-order valence-corrected chi connectivity index (χ2v) is 8.67. The summed E-state index contributed by atoms with van der Waals surface area (Å²) in [6, 6.07) is 27.6. The summed E-state index contributed by atoms with van der Waals surface area (Å²) in [7, 11) is 3.31. The quantitative estimate of drug-likeness (QED) is 0.293. The van der Waals surface area contributed by atoms with Crippen LogP contribution in [0.1, 0.15) is 34.5 Å². The molecule has 4 aromatic carbocycles. The molecule has 0 radical (unpaired) electrons. The first-order valence-electron chi connectivity index (χ1n) is 11.9. The SMILES string of the molecule is COc1ccc(C(OC(c2ccc(OC)cc2)c2ccc3c(c2)OCO3)c2ccc3c(c2)OCO3)cc1. The van der Waals surface area contributed by atoms with Gasteiger partial charge in [-0.2, -0.15) is 0 Å². The molecule has 0 fully saturated rings. The Bertz CT molecular complexity index is 1280. The highest BCUT2D eigenvalue weighted by atomic mass is 16.7. The van der Waals surface area contributed by atoms with E-state index in [4.69, 9.17) is 33.2 Å². The summed E-state index contributed by atoms with van der Waals surface area (Å²) in [5.41, 5.74) is 3.82. The highest BCUT2D eigenvalue weighted by Gasteiger charge is 2.27. The molecule has 37 heavy (non-hydrogen) atoms. The molecular weight excluding hydrogens is 472 g/mol. The number of methoxy groups -OCH3 is 2. The lowest BCUT2D eigenvalue weighted by Gasteiger charge is -2.27. The van der Waals surface area contributed by atoms with Gasteiger partial charge in [0.25, 0.3) is 0 Å². The molecule has 7 nitrogen and oxygen atoms in total. The van der Waals surface area contributed by atoms with Crippen molar-refractivity contribution in [3.63, 3.8) is 0 Å². The minimum Gasteiger partial charge on any atom is -0.497 e. The van der Waals surface area contributed by atoms with Crippen LogP contribution in [0, 0.1) is 0 Å². The van der Waals surface area contributed by atoms with E-state index in [1.54, 1.807) is 14.2 Å². The van der Waals surface area contributed by atoms with E-state index in [0.29, 0.717) is 11.5 Å². The maximum absolute atomic E-state index is 6.99. The Morgan fingerprint density at radius 1 is 0.486 bits per heavy atom. The van der Waals surface area contributed by atoms with Gasteiger partial charge >= 0.3 is 0 Å².